The fraction of sp³-hybridized carbons (Fsp3) is 0.119. The van der Waals surface area contributed by atoms with E-state index < -0.39 is 0 Å². The van der Waals surface area contributed by atoms with Gasteiger partial charge in [0.15, 0.2) is 0 Å². The number of para-hydroxylation sites is 2. The maximum absolute atomic E-state index is 2.65. The second-order valence-electron chi connectivity index (χ2n) is 16.7. The van der Waals surface area contributed by atoms with Gasteiger partial charge in [-0.05, 0) is 152 Å². The van der Waals surface area contributed by atoms with Gasteiger partial charge in [-0.15, -0.1) is 0 Å². The molecular weight excluding hydrogens is 737 g/mol. The van der Waals surface area contributed by atoms with Gasteiger partial charge in [-0.3, -0.25) is 0 Å². The third-order valence-electron chi connectivity index (χ3n) is 12.9. The van der Waals surface area contributed by atoms with Crippen molar-refractivity contribution in [3.05, 3.63) is 229 Å². The van der Waals surface area contributed by atoms with Crippen molar-refractivity contribution in [1.29, 1.82) is 0 Å². The van der Waals surface area contributed by atoms with Gasteiger partial charge in [0, 0.05) is 29.3 Å². The molecule has 1 atom stereocenters. The van der Waals surface area contributed by atoms with E-state index in [-0.39, 0.29) is 6.04 Å². The number of aryl methyl sites for hydroxylation is 1. The van der Waals surface area contributed by atoms with Crippen LogP contribution in [0.4, 0.5) is 22.7 Å². The van der Waals surface area contributed by atoms with Crippen LogP contribution in [0.1, 0.15) is 42.4 Å². The minimum atomic E-state index is 0.281. The largest absolute Gasteiger partial charge is 0.361 e. The summed E-state index contributed by atoms with van der Waals surface area (Å²) in [5.41, 5.74) is 14.2. The fourth-order valence-electron chi connectivity index (χ4n) is 9.96. The lowest BCUT2D eigenvalue weighted by molar-refractivity contribution is 0.700. The molecule has 0 saturated heterocycles. The van der Waals surface area contributed by atoms with E-state index in [0.717, 1.165) is 55.7 Å². The zero-order valence-corrected chi connectivity index (χ0v) is 34.4. The average Bonchev–Trinajstić information content (AvgIpc) is 3.33. The van der Waals surface area contributed by atoms with E-state index in [4.69, 9.17) is 0 Å². The number of benzene rings is 8. The van der Waals surface area contributed by atoms with Gasteiger partial charge in [0.25, 0.3) is 0 Å². The lowest BCUT2D eigenvalue weighted by atomic mass is 9.81. The molecule has 0 saturated carbocycles. The maximum Gasteiger partial charge on any atom is 0.0514 e. The fourth-order valence-corrected chi connectivity index (χ4v) is 9.96. The highest BCUT2D eigenvalue weighted by Gasteiger charge is 2.25. The summed E-state index contributed by atoms with van der Waals surface area (Å²) in [5.74, 6) is 0. The van der Waals surface area contributed by atoms with Gasteiger partial charge in [-0.2, -0.15) is 0 Å². The Morgan fingerprint density at radius 3 is 1.97 bits per heavy atom. The van der Waals surface area contributed by atoms with Gasteiger partial charge in [-0.1, -0.05) is 163 Å². The SMILES string of the molecule is C1=CCCC(CN(c2ccc3c(-c4ccc5ccccc5c4)c4cc(N(c5ccccc5)c5ccccc5)ccc4c(C4=Cc5ccccc5CC4)c3c2)C2C=CC=CC2)=C1. The molecule has 8 aromatic carbocycles. The molecule has 2 heteroatoms. The van der Waals surface area contributed by atoms with Crippen LogP contribution in [0, 0.1) is 0 Å². The molecule has 0 N–H and O–H groups in total. The molecule has 0 aliphatic heterocycles. The summed E-state index contributed by atoms with van der Waals surface area (Å²) < 4.78 is 0. The second kappa shape index (κ2) is 16.1. The van der Waals surface area contributed by atoms with E-state index in [0.29, 0.717) is 0 Å². The van der Waals surface area contributed by atoms with Gasteiger partial charge in [-0.25, -0.2) is 0 Å². The molecule has 3 aliphatic carbocycles. The van der Waals surface area contributed by atoms with Crippen molar-refractivity contribution in [2.75, 3.05) is 16.3 Å². The van der Waals surface area contributed by atoms with Crippen LogP contribution in [0.3, 0.4) is 0 Å². The molecular formula is C59H48N2. The highest BCUT2D eigenvalue weighted by atomic mass is 15.2. The number of fused-ring (bicyclic) bond motifs is 4. The Bertz CT molecular complexity index is 3050. The normalized spacial score (nSPS) is 15.8. The molecule has 0 fully saturated rings. The molecule has 8 aromatic rings. The Morgan fingerprint density at radius 2 is 1.20 bits per heavy atom. The molecule has 1 unspecified atom stereocenters. The zero-order valence-electron chi connectivity index (χ0n) is 34.4. The topological polar surface area (TPSA) is 6.48 Å². The van der Waals surface area contributed by atoms with E-state index in [9.17, 15) is 0 Å². The van der Waals surface area contributed by atoms with Crippen molar-refractivity contribution in [2.24, 2.45) is 0 Å². The first kappa shape index (κ1) is 36.9. The molecule has 0 heterocycles. The first-order chi connectivity index (χ1) is 30.2. The monoisotopic (exact) mass is 784 g/mol. The van der Waals surface area contributed by atoms with Crippen molar-refractivity contribution in [1.82, 2.24) is 0 Å². The summed E-state index contributed by atoms with van der Waals surface area (Å²) in [4.78, 5) is 5.05. The van der Waals surface area contributed by atoms with Crippen molar-refractivity contribution >= 4 is 66.7 Å². The van der Waals surface area contributed by atoms with Crippen molar-refractivity contribution in [2.45, 2.75) is 38.1 Å². The predicted octanol–water partition coefficient (Wildman–Crippen LogP) is 15.7. The summed E-state index contributed by atoms with van der Waals surface area (Å²) in [6.45, 7) is 0.910. The standard InChI is InChI=1S/C59H48N2/c1-5-17-42(18-6-1)41-60(49-23-7-2-8-24-49)52-33-35-54-56(39-52)58(47-31-29-43-19-13-15-21-45(43)37-47)55-36-34-53(61(50-25-9-3-10-26-50)51-27-11-4-12-28-51)40-57(55)59(54)48-32-30-44-20-14-16-22-46(44)38-48/h1-5,7-17,19-23,25-28,30,32-40,49H,6,18,24,29,31,41H2. The van der Waals surface area contributed by atoms with Crippen LogP contribution in [0.2, 0.25) is 0 Å². The Labute approximate surface area is 359 Å². The Balaban J connectivity index is 1.22. The third kappa shape index (κ3) is 7.09. The molecule has 3 aliphatic rings. The molecule has 0 spiro atoms. The predicted molar refractivity (Wildman–Crippen MR) is 262 cm³/mol. The van der Waals surface area contributed by atoms with E-state index in [1.165, 1.54) is 77.0 Å². The Kier molecular flexibility index (Phi) is 9.75. The summed E-state index contributed by atoms with van der Waals surface area (Å²) in [5, 5.41) is 7.64. The van der Waals surface area contributed by atoms with Gasteiger partial charge in [0.2, 0.25) is 0 Å². The molecule has 0 amide bonds. The van der Waals surface area contributed by atoms with Crippen LogP contribution < -0.4 is 9.80 Å². The van der Waals surface area contributed by atoms with E-state index in [1.807, 2.05) is 0 Å². The Hall–Kier alpha value is -7.16. The van der Waals surface area contributed by atoms with Crippen molar-refractivity contribution in [3.8, 4) is 11.1 Å². The van der Waals surface area contributed by atoms with Gasteiger partial charge < -0.3 is 9.80 Å². The zero-order chi connectivity index (χ0) is 40.5. The average molecular weight is 785 g/mol. The number of allylic oxidation sites excluding steroid dienone is 6. The molecule has 11 rings (SSSR count). The summed E-state index contributed by atoms with van der Waals surface area (Å²) in [6, 6.07) is 61.2. The smallest absolute Gasteiger partial charge is 0.0514 e. The lowest BCUT2D eigenvalue weighted by Gasteiger charge is -2.34. The number of anilines is 4. The minimum absolute atomic E-state index is 0.281. The number of hydrogen-bond acceptors (Lipinski definition) is 2. The van der Waals surface area contributed by atoms with Crippen LogP contribution in [0.15, 0.2) is 212 Å². The molecule has 0 aromatic heterocycles. The molecule has 0 bridgehead atoms. The van der Waals surface area contributed by atoms with Crippen LogP contribution >= 0.6 is 0 Å². The van der Waals surface area contributed by atoms with Crippen molar-refractivity contribution < 1.29 is 0 Å². The number of nitrogens with zero attached hydrogens (tertiary/aromatic N) is 2. The van der Waals surface area contributed by atoms with E-state index >= 15 is 0 Å². The second-order valence-corrected chi connectivity index (χ2v) is 16.7. The summed E-state index contributed by atoms with van der Waals surface area (Å²) in [7, 11) is 0. The lowest BCUT2D eigenvalue weighted by Crippen LogP contribution is -2.36. The minimum Gasteiger partial charge on any atom is -0.361 e. The number of rotatable bonds is 9. The van der Waals surface area contributed by atoms with Crippen LogP contribution in [0.5, 0.6) is 0 Å². The maximum atomic E-state index is 2.65. The van der Waals surface area contributed by atoms with Crippen LogP contribution in [0.25, 0.3) is 55.1 Å². The summed E-state index contributed by atoms with van der Waals surface area (Å²) in [6.07, 6.45) is 23.7. The quantitative estimate of drug-likeness (QED) is 0.135. The van der Waals surface area contributed by atoms with E-state index in [1.54, 1.807) is 0 Å². The first-order valence-electron chi connectivity index (χ1n) is 21.9. The van der Waals surface area contributed by atoms with Crippen molar-refractivity contribution in [3.63, 3.8) is 0 Å². The van der Waals surface area contributed by atoms with Gasteiger partial charge >= 0.3 is 0 Å². The van der Waals surface area contributed by atoms with Crippen LogP contribution in [-0.4, -0.2) is 12.6 Å². The molecule has 294 valence electrons. The molecule has 0 radical (unpaired) electrons. The highest BCUT2D eigenvalue weighted by Crippen LogP contribution is 2.48. The van der Waals surface area contributed by atoms with Gasteiger partial charge in [0.05, 0.1) is 6.04 Å². The molecule has 61 heavy (non-hydrogen) atoms. The Morgan fingerprint density at radius 1 is 0.492 bits per heavy atom. The van der Waals surface area contributed by atoms with E-state index in [2.05, 4.69) is 222 Å². The summed E-state index contributed by atoms with van der Waals surface area (Å²) >= 11 is 0. The molecule has 2 nitrogen and oxygen atoms in total. The first-order valence-corrected chi connectivity index (χ1v) is 21.9. The van der Waals surface area contributed by atoms with Gasteiger partial charge in [0.1, 0.15) is 0 Å². The number of hydrogen-bond donors (Lipinski definition) is 0. The van der Waals surface area contributed by atoms with Crippen LogP contribution in [-0.2, 0) is 6.42 Å². The third-order valence-corrected chi connectivity index (χ3v) is 12.9. The highest BCUT2D eigenvalue weighted by molar-refractivity contribution is 6.21.